The minimum Gasteiger partial charge on any atom is -0.392 e. The van der Waals surface area contributed by atoms with Crippen LogP contribution < -0.4 is 4.90 Å². The Balaban J connectivity index is 2.17. The van der Waals surface area contributed by atoms with Crippen molar-refractivity contribution in [3.63, 3.8) is 0 Å². The summed E-state index contributed by atoms with van der Waals surface area (Å²) in [5.41, 5.74) is 0.308. The lowest BCUT2D eigenvalue weighted by molar-refractivity contribution is 0.275. The summed E-state index contributed by atoms with van der Waals surface area (Å²) in [4.78, 5) is 5.83. The molecule has 82 valence electrons. The molecule has 0 spiro atoms. The highest BCUT2D eigenvalue weighted by molar-refractivity contribution is 5.42. The molecule has 1 fully saturated rings. The largest absolute Gasteiger partial charge is 0.392 e. The zero-order chi connectivity index (χ0) is 10.8. The van der Waals surface area contributed by atoms with Crippen LogP contribution in [0.25, 0.3) is 0 Å². The smallest absolute Gasteiger partial charge is 0.171 e. The van der Waals surface area contributed by atoms with Crippen molar-refractivity contribution in [3.05, 3.63) is 23.6 Å². The van der Waals surface area contributed by atoms with E-state index in [1.54, 1.807) is 0 Å². The molecule has 0 unspecified atom stereocenters. The molecule has 1 aromatic heterocycles. The second-order valence-corrected chi connectivity index (χ2v) is 4.09. The van der Waals surface area contributed by atoms with Crippen molar-refractivity contribution in [1.82, 2.24) is 4.98 Å². The number of aliphatic hydroxyl groups is 1. The molecule has 0 amide bonds. The molecule has 0 bridgehead atoms. The van der Waals surface area contributed by atoms with Gasteiger partial charge in [0.15, 0.2) is 11.6 Å². The molecule has 1 heterocycles. The standard InChI is InChI=1S/C11H15FN2O/c1-14(6-8-2-3-8)11-10(12)9(7-15)4-5-13-11/h4-5,8,15H,2-3,6-7H2,1H3. The molecular weight excluding hydrogens is 195 g/mol. The lowest BCUT2D eigenvalue weighted by Crippen LogP contribution is -2.22. The third kappa shape index (κ3) is 2.26. The van der Waals surface area contributed by atoms with E-state index in [4.69, 9.17) is 5.11 Å². The Hall–Kier alpha value is -1.16. The van der Waals surface area contributed by atoms with Crippen molar-refractivity contribution < 1.29 is 9.50 Å². The number of rotatable bonds is 4. The molecule has 0 atom stereocenters. The van der Waals surface area contributed by atoms with Gasteiger partial charge < -0.3 is 10.0 Å². The van der Waals surface area contributed by atoms with Gasteiger partial charge in [-0.15, -0.1) is 0 Å². The van der Waals surface area contributed by atoms with E-state index >= 15 is 0 Å². The van der Waals surface area contributed by atoms with Crippen LogP contribution in [-0.2, 0) is 6.61 Å². The second-order valence-electron chi connectivity index (χ2n) is 4.09. The first kappa shape index (κ1) is 10.4. The summed E-state index contributed by atoms with van der Waals surface area (Å²) in [5, 5.41) is 8.93. The maximum atomic E-state index is 13.7. The molecule has 1 saturated carbocycles. The number of halogens is 1. The molecule has 0 radical (unpaired) electrons. The minimum atomic E-state index is -0.400. The van der Waals surface area contributed by atoms with Crippen LogP contribution >= 0.6 is 0 Å². The van der Waals surface area contributed by atoms with Gasteiger partial charge >= 0.3 is 0 Å². The fourth-order valence-electron chi connectivity index (χ4n) is 1.63. The Morgan fingerprint density at radius 2 is 2.33 bits per heavy atom. The summed E-state index contributed by atoms with van der Waals surface area (Å²) < 4.78 is 13.7. The fraction of sp³-hybridized carbons (Fsp3) is 0.545. The van der Waals surface area contributed by atoms with E-state index in [0.717, 1.165) is 6.54 Å². The maximum Gasteiger partial charge on any atom is 0.171 e. The summed E-state index contributed by atoms with van der Waals surface area (Å²) >= 11 is 0. The summed E-state index contributed by atoms with van der Waals surface area (Å²) in [6.07, 6.45) is 3.99. The van der Waals surface area contributed by atoms with Crippen LogP contribution in [0.1, 0.15) is 18.4 Å². The first-order valence-corrected chi connectivity index (χ1v) is 5.17. The van der Waals surface area contributed by atoms with Gasteiger partial charge in [-0.3, -0.25) is 0 Å². The predicted octanol–water partition coefficient (Wildman–Crippen LogP) is 1.56. The Labute approximate surface area is 88.6 Å². The number of nitrogens with zero attached hydrogens (tertiary/aromatic N) is 2. The molecule has 0 aromatic carbocycles. The van der Waals surface area contributed by atoms with E-state index in [9.17, 15) is 4.39 Å². The third-order valence-corrected chi connectivity index (χ3v) is 2.71. The molecule has 2 rings (SSSR count). The highest BCUT2D eigenvalue weighted by atomic mass is 19.1. The van der Waals surface area contributed by atoms with Crippen molar-refractivity contribution in [2.45, 2.75) is 19.4 Å². The first-order valence-electron chi connectivity index (χ1n) is 5.17. The molecular formula is C11H15FN2O. The molecule has 15 heavy (non-hydrogen) atoms. The van der Waals surface area contributed by atoms with Crippen LogP contribution in [0.3, 0.4) is 0 Å². The maximum absolute atomic E-state index is 13.7. The topological polar surface area (TPSA) is 36.4 Å². The van der Waals surface area contributed by atoms with Crippen LogP contribution in [0.2, 0.25) is 0 Å². The lowest BCUT2D eigenvalue weighted by atomic mass is 10.2. The monoisotopic (exact) mass is 210 g/mol. The van der Waals surface area contributed by atoms with Crippen LogP contribution in [0.15, 0.2) is 12.3 Å². The number of aromatic nitrogens is 1. The van der Waals surface area contributed by atoms with Crippen molar-refractivity contribution in [2.75, 3.05) is 18.5 Å². The summed E-state index contributed by atoms with van der Waals surface area (Å²) in [6.45, 7) is 0.567. The van der Waals surface area contributed by atoms with Gasteiger partial charge in [0, 0.05) is 25.4 Å². The summed E-state index contributed by atoms with van der Waals surface area (Å²) in [5.74, 6) is 0.630. The van der Waals surface area contributed by atoms with E-state index < -0.39 is 5.82 Å². The van der Waals surface area contributed by atoms with E-state index in [1.807, 2.05) is 11.9 Å². The van der Waals surface area contributed by atoms with Crippen molar-refractivity contribution in [3.8, 4) is 0 Å². The molecule has 1 aliphatic rings. The first-order chi connectivity index (χ1) is 7.22. The normalized spacial score (nSPS) is 15.4. The van der Waals surface area contributed by atoms with Crippen molar-refractivity contribution >= 4 is 5.82 Å². The summed E-state index contributed by atoms with van der Waals surface area (Å²) in [6, 6.07) is 1.50. The molecule has 1 aromatic rings. The van der Waals surface area contributed by atoms with E-state index in [0.29, 0.717) is 17.3 Å². The number of hydrogen-bond donors (Lipinski definition) is 1. The Morgan fingerprint density at radius 3 is 2.93 bits per heavy atom. The molecule has 3 nitrogen and oxygen atoms in total. The zero-order valence-electron chi connectivity index (χ0n) is 8.78. The quantitative estimate of drug-likeness (QED) is 0.819. The van der Waals surface area contributed by atoms with Crippen LogP contribution in [0, 0.1) is 11.7 Å². The molecule has 1 N–H and O–H groups in total. The van der Waals surface area contributed by atoms with Gasteiger partial charge in [0.1, 0.15) is 0 Å². The summed E-state index contributed by atoms with van der Waals surface area (Å²) in [7, 11) is 1.84. The van der Waals surface area contributed by atoms with Crippen LogP contribution in [-0.4, -0.2) is 23.7 Å². The second kappa shape index (κ2) is 4.14. The number of pyridine rings is 1. The average molecular weight is 210 g/mol. The lowest BCUT2D eigenvalue weighted by Gasteiger charge is -2.19. The minimum absolute atomic E-state index is 0.279. The fourth-order valence-corrected chi connectivity index (χ4v) is 1.63. The average Bonchev–Trinajstić information content (AvgIpc) is 3.02. The van der Waals surface area contributed by atoms with Crippen LogP contribution in [0.4, 0.5) is 10.2 Å². The van der Waals surface area contributed by atoms with Gasteiger partial charge in [0.2, 0.25) is 0 Å². The number of hydrogen-bond acceptors (Lipinski definition) is 3. The Bertz CT molecular complexity index is 352. The van der Waals surface area contributed by atoms with Crippen molar-refractivity contribution in [1.29, 1.82) is 0 Å². The van der Waals surface area contributed by atoms with Gasteiger partial charge in [0.05, 0.1) is 6.61 Å². The Kier molecular flexibility index (Phi) is 2.86. The highest BCUT2D eigenvalue weighted by Gasteiger charge is 2.24. The van der Waals surface area contributed by atoms with Crippen LogP contribution in [0.5, 0.6) is 0 Å². The molecule has 0 saturated heterocycles. The van der Waals surface area contributed by atoms with E-state index in [-0.39, 0.29) is 6.61 Å². The van der Waals surface area contributed by atoms with Gasteiger partial charge in [-0.25, -0.2) is 9.37 Å². The zero-order valence-corrected chi connectivity index (χ0v) is 8.78. The molecule has 1 aliphatic carbocycles. The van der Waals surface area contributed by atoms with Gasteiger partial charge in [-0.2, -0.15) is 0 Å². The van der Waals surface area contributed by atoms with E-state index in [1.165, 1.54) is 25.1 Å². The molecule has 0 aliphatic heterocycles. The number of anilines is 1. The third-order valence-electron chi connectivity index (χ3n) is 2.71. The highest BCUT2D eigenvalue weighted by Crippen LogP contribution is 2.31. The Morgan fingerprint density at radius 1 is 1.60 bits per heavy atom. The SMILES string of the molecule is CN(CC1CC1)c1nccc(CO)c1F. The number of aliphatic hydroxyl groups excluding tert-OH is 1. The van der Waals surface area contributed by atoms with Gasteiger partial charge in [0.25, 0.3) is 0 Å². The molecule has 4 heteroatoms. The van der Waals surface area contributed by atoms with Gasteiger partial charge in [-0.05, 0) is 24.8 Å². The van der Waals surface area contributed by atoms with E-state index in [2.05, 4.69) is 4.98 Å². The van der Waals surface area contributed by atoms with Crippen molar-refractivity contribution in [2.24, 2.45) is 5.92 Å². The van der Waals surface area contributed by atoms with Gasteiger partial charge in [-0.1, -0.05) is 0 Å². The predicted molar refractivity (Wildman–Crippen MR) is 56.1 cm³/mol.